The number of nitro groups is 1. The van der Waals surface area contributed by atoms with Crippen LogP contribution in [0.4, 0.5) is 11.4 Å². The molecular weight excluding hydrogens is 362 g/mol. The average molecular weight is 383 g/mol. The molecule has 1 aliphatic rings. The third kappa shape index (κ3) is 4.28. The zero-order chi connectivity index (χ0) is 20.1. The number of ether oxygens (including phenoxy) is 1. The number of benzene rings is 2. The fourth-order valence-corrected chi connectivity index (χ4v) is 3.29. The summed E-state index contributed by atoms with van der Waals surface area (Å²) in [5.41, 5.74) is 0.655. The third-order valence-electron chi connectivity index (χ3n) is 4.74. The van der Waals surface area contributed by atoms with Crippen LogP contribution in [0, 0.1) is 16.0 Å². The lowest BCUT2D eigenvalue weighted by molar-refractivity contribution is -0.385. The van der Waals surface area contributed by atoms with Gasteiger partial charge >= 0.3 is 5.69 Å². The van der Waals surface area contributed by atoms with E-state index < -0.39 is 4.92 Å². The molecule has 0 spiro atoms. The van der Waals surface area contributed by atoms with Crippen molar-refractivity contribution in [2.24, 2.45) is 5.92 Å². The predicted octanol–water partition coefficient (Wildman–Crippen LogP) is 3.09. The topological polar surface area (TPSA) is 102 Å². The lowest BCUT2D eigenvalue weighted by Gasteiger charge is -2.32. The van der Waals surface area contributed by atoms with E-state index in [0.29, 0.717) is 25.1 Å². The van der Waals surface area contributed by atoms with E-state index in [1.165, 1.54) is 25.3 Å². The zero-order valence-electron chi connectivity index (χ0n) is 15.5. The van der Waals surface area contributed by atoms with Crippen LogP contribution in [0.15, 0.2) is 48.5 Å². The molecule has 1 atom stereocenters. The van der Waals surface area contributed by atoms with Gasteiger partial charge in [-0.05, 0) is 37.1 Å². The van der Waals surface area contributed by atoms with Gasteiger partial charge in [-0.3, -0.25) is 19.7 Å². The Morgan fingerprint density at radius 3 is 2.64 bits per heavy atom. The lowest BCUT2D eigenvalue weighted by atomic mass is 9.96. The van der Waals surface area contributed by atoms with E-state index in [0.717, 1.165) is 0 Å². The molecule has 146 valence electrons. The summed E-state index contributed by atoms with van der Waals surface area (Å²) < 4.78 is 4.97. The van der Waals surface area contributed by atoms with Gasteiger partial charge in [0.15, 0.2) is 5.75 Å². The second-order valence-corrected chi connectivity index (χ2v) is 6.59. The summed E-state index contributed by atoms with van der Waals surface area (Å²) in [7, 11) is 1.34. The molecule has 0 aliphatic carbocycles. The van der Waals surface area contributed by atoms with Gasteiger partial charge < -0.3 is 15.0 Å². The van der Waals surface area contributed by atoms with Crippen molar-refractivity contribution in [3.8, 4) is 5.75 Å². The number of carbonyl (C=O) groups excluding carboxylic acids is 2. The molecule has 8 heteroatoms. The van der Waals surface area contributed by atoms with Crippen LogP contribution in [0.5, 0.6) is 5.75 Å². The number of para-hydroxylation sites is 1. The molecule has 1 saturated heterocycles. The monoisotopic (exact) mass is 383 g/mol. The summed E-state index contributed by atoms with van der Waals surface area (Å²) in [6.45, 7) is 0.783. The molecule has 1 unspecified atom stereocenters. The van der Waals surface area contributed by atoms with Gasteiger partial charge in [0, 0.05) is 30.4 Å². The molecule has 8 nitrogen and oxygen atoms in total. The highest BCUT2D eigenvalue weighted by Crippen LogP contribution is 2.29. The number of rotatable bonds is 5. The first-order valence-electron chi connectivity index (χ1n) is 8.97. The predicted molar refractivity (Wildman–Crippen MR) is 103 cm³/mol. The SMILES string of the molecule is COc1ccc(C(=O)N2CCCC(C(=O)Nc3ccccc3)C2)cc1[N+](=O)[O-]. The van der Waals surface area contributed by atoms with E-state index >= 15 is 0 Å². The maximum atomic E-state index is 12.8. The van der Waals surface area contributed by atoms with Gasteiger partial charge in [0.05, 0.1) is 18.0 Å². The number of hydrogen-bond donors (Lipinski definition) is 1. The molecule has 1 fully saturated rings. The van der Waals surface area contributed by atoms with E-state index in [9.17, 15) is 19.7 Å². The maximum absolute atomic E-state index is 12.8. The first-order valence-corrected chi connectivity index (χ1v) is 8.97. The molecule has 0 radical (unpaired) electrons. The van der Waals surface area contributed by atoms with Crippen molar-refractivity contribution in [2.75, 3.05) is 25.5 Å². The van der Waals surface area contributed by atoms with Gasteiger partial charge in [0.2, 0.25) is 5.91 Å². The van der Waals surface area contributed by atoms with E-state index in [2.05, 4.69) is 5.32 Å². The Balaban J connectivity index is 1.71. The minimum Gasteiger partial charge on any atom is -0.490 e. The van der Waals surface area contributed by atoms with E-state index in [1.807, 2.05) is 18.2 Å². The smallest absolute Gasteiger partial charge is 0.311 e. The molecule has 2 amide bonds. The van der Waals surface area contributed by atoms with Gasteiger partial charge in [-0.15, -0.1) is 0 Å². The van der Waals surface area contributed by atoms with Crippen LogP contribution < -0.4 is 10.1 Å². The fourth-order valence-electron chi connectivity index (χ4n) is 3.29. The summed E-state index contributed by atoms with van der Waals surface area (Å²) in [4.78, 5) is 37.6. The van der Waals surface area contributed by atoms with Crippen molar-refractivity contribution >= 4 is 23.2 Å². The molecule has 0 aromatic heterocycles. The Hall–Kier alpha value is -3.42. The Morgan fingerprint density at radius 1 is 1.21 bits per heavy atom. The molecule has 2 aromatic carbocycles. The Labute approximate surface area is 162 Å². The lowest BCUT2D eigenvalue weighted by Crippen LogP contribution is -2.43. The number of amides is 2. The first-order chi connectivity index (χ1) is 13.5. The average Bonchev–Trinajstić information content (AvgIpc) is 2.73. The first kappa shape index (κ1) is 19.3. The minimum atomic E-state index is -0.581. The number of anilines is 1. The normalized spacial score (nSPS) is 16.3. The second kappa shape index (κ2) is 8.51. The quantitative estimate of drug-likeness (QED) is 0.631. The number of piperidine rings is 1. The van der Waals surface area contributed by atoms with Gasteiger partial charge in [0.25, 0.3) is 5.91 Å². The molecule has 28 heavy (non-hydrogen) atoms. The van der Waals surface area contributed by atoms with Crippen LogP contribution in [0.25, 0.3) is 0 Å². The van der Waals surface area contributed by atoms with Crippen LogP contribution in [-0.2, 0) is 4.79 Å². The summed E-state index contributed by atoms with van der Waals surface area (Å²) in [6, 6.07) is 13.3. The molecule has 0 bridgehead atoms. The van der Waals surface area contributed by atoms with Crippen molar-refractivity contribution in [3.05, 3.63) is 64.2 Å². The van der Waals surface area contributed by atoms with Crippen molar-refractivity contribution in [1.29, 1.82) is 0 Å². The van der Waals surface area contributed by atoms with Gasteiger partial charge in [-0.1, -0.05) is 18.2 Å². The molecule has 0 saturated carbocycles. The van der Waals surface area contributed by atoms with Gasteiger partial charge in [0.1, 0.15) is 0 Å². The molecule has 3 rings (SSSR count). The Bertz CT molecular complexity index is 885. The minimum absolute atomic E-state index is 0.0975. The molecule has 1 N–H and O–H groups in total. The number of carbonyl (C=O) groups is 2. The molecule has 1 heterocycles. The van der Waals surface area contributed by atoms with Crippen molar-refractivity contribution in [3.63, 3.8) is 0 Å². The molecule has 2 aromatic rings. The number of nitrogens with one attached hydrogen (secondary N) is 1. The summed E-state index contributed by atoms with van der Waals surface area (Å²) in [5.74, 6) is -0.696. The summed E-state index contributed by atoms with van der Waals surface area (Å²) >= 11 is 0. The van der Waals surface area contributed by atoms with E-state index in [4.69, 9.17) is 4.74 Å². The largest absolute Gasteiger partial charge is 0.490 e. The zero-order valence-corrected chi connectivity index (χ0v) is 15.5. The summed E-state index contributed by atoms with van der Waals surface area (Å²) in [6.07, 6.45) is 1.38. The highest BCUT2D eigenvalue weighted by Gasteiger charge is 2.30. The maximum Gasteiger partial charge on any atom is 0.311 e. The van der Waals surface area contributed by atoms with Crippen molar-refractivity contribution < 1.29 is 19.2 Å². The van der Waals surface area contributed by atoms with Crippen LogP contribution >= 0.6 is 0 Å². The van der Waals surface area contributed by atoms with E-state index in [-0.39, 0.29) is 41.3 Å². The number of hydrogen-bond acceptors (Lipinski definition) is 5. The summed E-state index contributed by atoms with van der Waals surface area (Å²) in [5, 5.41) is 14.1. The highest BCUT2D eigenvalue weighted by molar-refractivity contribution is 5.97. The van der Waals surface area contributed by atoms with Crippen molar-refractivity contribution in [1.82, 2.24) is 4.90 Å². The number of methoxy groups -OCH3 is 1. The van der Waals surface area contributed by atoms with Crippen LogP contribution in [0.3, 0.4) is 0 Å². The highest BCUT2D eigenvalue weighted by atomic mass is 16.6. The van der Waals surface area contributed by atoms with Crippen LogP contribution in [0.1, 0.15) is 23.2 Å². The van der Waals surface area contributed by atoms with Crippen molar-refractivity contribution in [2.45, 2.75) is 12.8 Å². The second-order valence-electron chi connectivity index (χ2n) is 6.59. The molecule has 1 aliphatic heterocycles. The van der Waals surface area contributed by atoms with E-state index in [1.54, 1.807) is 17.0 Å². The number of nitrogens with zero attached hydrogens (tertiary/aromatic N) is 2. The van der Waals surface area contributed by atoms with Gasteiger partial charge in [-0.2, -0.15) is 0 Å². The fraction of sp³-hybridized carbons (Fsp3) is 0.300. The molecular formula is C20H21N3O5. The third-order valence-corrected chi connectivity index (χ3v) is 4.74. The number of likely N-dealkylation sites (tertiary alicyclic amines) is 1. The Morgan fingerprint density at radius 2 is 1.96 bits per heavy atom. The number of nitro benzene ring substituents is 1. The standard InChI is InChI=1S/C20H21N3O5/c1-28-18-10-9-14(12-17(18)23(26)27)20(25)22-11-5-6-15(13-22)19(24)21-16-7-3-2-4-8-16/h2-4,7-10,12,15H,5-6,11,13H2,1H3,(H,21,24). The van der Waals surface area contributed by atoms with Gasteiger partial charge in [-0.25, -0.2) is 0 Å². The van der Waals surface area contributed by atoms with Crippen LogP contribution in [-0.4, -0.2) is 41.8 Å². The van der Waals surface area contributed by atoms with Crippen LogP contribution in [0.2, 0.25) is 0 Å². The Kier molecular flexibility index (Phi) is 5.88.